The Morgan fingerprint density at radius 3 is 2.36 bits per heavy atom. The minimum Gasteiger partial charge on any atom is -0.350 e. The average molecular weight is 374 g/mol. The molecule has 0 aliphatic heterocycles. The summed E-state index contributed by atoms with van der Waals surface area (Å²) in [6, 6.07) is 17.5. The van der Waals surface area contributed by atoms with Crippen LogP contribution in [0.15, 0.2) is 73.1 Å². The predicted molar refractivity (Wildman–Crippen MR) is 109 cm³/mol. The summed E-state index contributed by atoms with van der Waals surface area (Å²) in [4.78, 5) is 28.4. The van der Waals surface area contributed by atoms with Gasteiger partial charge >= 0.3 is 0 Å². The number of nitrogens with one attached hydrogen (secondary N) is 2. The third-order valence-corrected chi connectivity index (χ3v) is 4.30. The second-order valence-electron chi connectivity index (χ2n) is 6.50. The fourth-order valence-corrected chi connectivity index (χ4v) is 2.73. The molecular formula is C22H22N4O2. The van der Waals surface area contributed by atoms with Gasteiger partial charge in [0.2, 0.25) is 0 Å². The molecule has 2 aromatic carbocycles. The van der Waals surface area contributed by atoms with E-state index in [1.54, 1.807) is 54.9 Å². The van der Waals surface area contributed by atoms with Gasteiger partial charge in [-0.05, 0) is 48.9 Å². The Hall–Kier alpha value is -3.51. The molecule has 0 saturated carbocycles. The quantitative estimate of drug-likeness (QED) is 0.618. The molecule has 3 rings (SSSR count). The van der Waals surface area contributed by atoms with Gasteiger partial charge < -0.3 is 16.4 Å². The smallest absolute Gasteiger partial charge is 0.255 e. The second-order valence-corrected chi connectivity index (χ2v) is 6.50. The Labute approximate surface area is 163 Å². The van der Waals surface area contributed by atoms with Crippen LogP contribution in [0.2, 0.25) is 0 Å². The maximum atomic E-state index is 12.3. The number of hydrogen-bond acceptors (Lipinski definition) is 4. The van der Waals surface area contributed by atoms with Gasteiger partial charge in [0.15, 0.2) is 0 Å². The molecule has 0 aliphatic carbocycles. The van der Waals surface area contributed by atoms with E-state index in [1.807, 2.05) is 25.1 Å². The summed E-state index contributed by atoms with van der Waals surface area (Å²) < 4.78 is 0. The molecule has 28 heavy (non-hydrogen) atoms. The molecule has 0 spiro atoms. The largest absolute Gasteiger partial charge is 0.350 e. The molecule has 4 N–H and O–H groups in total. The molecule has 1 atom stereocenters. The highest BCUT2D eigenvalue weighted by Crippen LogP contribution is 2.13. The third kappa shape index (κ3) is 5.02. The lowest BCUT2D eigenvalue weighted by molar-refractivity contribution is 0.0950. The number of carbonyl (C=O) groups excluding carboxylic acids is 2. The number of carbonyl (C=O) groups is 2. The number of nitrogens with two attached hydrogens (primary N) is 1. The molecule has 1 heterocycles. The van der Waals surface area contributed by atoms with Crippen molar-refractivity contribution in [1.29, 1.82) is 0 Å². The van der Waals surface area contributed by atoms with Crippen molar-refractivity contribution in [2.24, 2.45) is 5.73 Å². The van der Waals surface area contributed by atoms with Crippen LogP contribution in [-0.4, -0.2) is 23.3 Å². The van der Waals surface area contributed by atoms with Crippen LogP contribution in [-0.2, 0) is 0 Å². The molecule has 0 bridgehead atoms. The first kappa shape index (κ1) is 19.3. The van der Waals surface area contributed by atoms with Crippen LogP contribution in [0.4, 0.5) is 5.69 Å². The van der Waals surface area contributed by atoms with E-state index >= 15 is 0 Å². The summed E-state index contributed by atoms with van der Waals surface area (Å²) in [6.45, 7) is 2.24. The van der Waals surface area contributed by atoms with E-state index in [9.17, 15) is 9.59 Å². The lowest BCUT2D eigenvalue weighted by Gasteiger charge is -2.14. The van der Waals surface area contributed by atoms with Crippen LogP contribution in [0.5, 0.6) is 0 Å². The van der Waals surface area contributed by atoms with Crippen molar-refractivity contribution < 1.29 is 9.59 Å². The molecule has 1 aromatic heterocycles. The Balaban J connectivity index is 1.56. The summed E-state index contributed by atoms with van der Waals surface area (Å²) in [7, 11) is 0. The van der Waals surface area contributed by atoms with E-state index in [1.165, 1.54) is 0 Å². The van der Waals surface area contributed by atoms with E-state index in [-0.39, 0.29) is 17.9 Å². The molecule has 6 nitrogen and oxygen atoms in total. The molecule has 3 aromatic rings. The monoisotopic (exact) mass is 374 g/mol. The molecule has 0 saturated heterocycles. The SMILES string of the molecule is Cc1cccc(C(=O)NCC(N)c2ccc(C(=O)Nc3ccncc3)cc2)c1. The lowest BCUT2D eigenvalue weighted by atomic mass is 10.0. The third-order valence-electron chi connectivity index (χ3n) is 4.30. The van der Waals surface area contributed by atoms with Gasteiger partial charge in [-0.2, -0.15) is 0 Å². The van der Waals surface area contributed by atoms with E-state index in [4.69, 9.17) is 5.73 Å². The number of pyridine rings is 1. The van der Waals surface area contributed by atoms with Crippen LogP contribution in [0.25, 0.3) is 0 Å². The van der Waals surface area contributed by atoms with Crippen molar-refractivity contribution in [3.8, 4) is 0 Å². The van der Waals surface area contributed by atoms with Gasteiger partial charge in [0.1, 0.15) is 0 Å². The summed E-state index contributed by atoms with van der Waals surface area (Å²) >= 11 is 0. The van der Waals surface area contributed by atoms with Crippen molar-refractivity contribution in [3.63, 3.8) is 0 Å². The van der Waals surface area contributed by atoms with Crippen LogP contribution < -0.4 is 16.4 Å². The zero-order valence-corrected chi connectivity index (χ0v) is 15.6. The van der Waals surface area contributed by atoms with E-state index in [0.717, 1.165) is 11.1 Å². The van der Waals surface area contributed by atoms with Gasteiger partial charge in [0.05, 0.1) is 0 Å². The molecule has 0 aliphatic rings. The van der Waals surface area contributed by atoms with Crippen LogP contribution in [0, 0.1) is 6.92 Å². The Morgan fingerprint density at radius 1 is 0.964 bits per heavy atom. The van der Waals surface area contributed by atoms with E-state index < -0.39 is 0 Å². The molecule has 6 heteroatoms. The highest BCUT2D eigenvalue weighted by Gasteiger charge is 2.12. The maximum absolute atomic E-state index is 12.3. The van der Waals surface area contributed by atoms with Gasteiger partial charge in [-0.1, -0.05) is 29.8 Å². The average Bonchev–Trinajstić information content (AvgIpc) is 2.72. The number of amides is 2. The number of anilines is 1. The minimum atomic E-state index is -0.369. The van der Waals surface area contributed by atoms with E-state index in [2.05, 4.69) is 15.6 Å². The molecule has 0 radical (unpaired) electrons. The zero-order valence-electron chi connectivity index (χ0n) is 15.6. The van der Waals surface area contributed by atoms with Crippen molar-refractivity contribution in [2.75, 3.05) is 11.9 Å². The van der Waals surface area contributed by atoms with Crippen molar-refractivity contribution in [2.45, 2.75) is 13.0 Å². The number of hydrogen-bond donors (Lipinski definition) is 3. The summed E-state index contributed by atoms with van der Waals surface area (Å²) in [6.07, 6.45) is 3.23. The van der Waals surface area contributed by atoms with Crippen molar-refractivity contribution in [3.05, 3.63) is 95.3 Å². The lowest BCUT2D eigenvalue weighted by Crippen LogP contribution is -2.32. The molecule has 2 amide bonds. The standard InChI is InChI=1S/C22H22N4O2/c1-15-3-2-4-18(13-15)21(27)25-14-20(23)16-5-7-17(8-6-16)22(28)26-19-9-11-24-12-10-19/h2-13,20H,14,23H2,1H3,(H,25,27)(H,24,26,28). The Kier molecular flexibility index (Phi) is 6.14. The normalized spacial score (nSPS) is 11.5. The predicted octanol–water partition coefficient (Wildman–Crippen LogP) is 3.07. The summed E-state index contributed by atoms with van der Waals surface area (Å²) in [5, 5.41) is 5.65. The molecule has 1 unspecified atom stereocenters. The summed E-state index contributed by atoms with van der Waals surface area (Å²) in [5.41, 5.74) is 9.85. The van der Waals surface area contributed by atoms with Gasteiger partial charge in [0.25, 0.3) is 11.8 Å². The summed E-state index contributed by atoms with van der Waals surface area (Å²) in [5.74, 6) is -0.369. The van der Waals surface area contributed by atoms with Gasteiger partial charge in [-0.15, -0.1) is 0 Å². The fraction of sp³-hybridized carbons (Fsp3) is 0.136. The van der Waals surface area contributed by atoms with Crippen LogP contribution in [0.1, 0.15) is 37.9 Å². The highest BCUT2D eigenvalue weighted by atomic mass is 16.2. The Bertz CT molecular complexity index is 956. The van der Waals surface area contributed by atoms with Gasteiger partial charge in [-0.25, -0.2) is 0 Å². The number of rotatable bonds is 6. The molecule has 0 fully saturated rings. The highest BCUT2D eigenvalue weighted by molar-refractivity contribution is 6.04. The molecular weight excluding hydrogens is 352 g/mol. The van der Waals surface area contributed by atoms with Gasteiger partial charge in [-0.3, -0.25) is 14.6 Å². The number of nitrogens with zero attached hydrogens (tertiary/aromatic N) is 1. The number of aromatic nitrogens is 1. The fourth-order valence-electron chi connectivity index (χ4n) is 2.73. The second kappa shape index (κ2) is 8.92. The number of aryl methyl sites for hydroxylation is 1. The molecule has 142 valence electrons. The van der Waals surface area contributed by atoms with Crippen molar-refractivity contribution in [1.82, 2.24) is 10.3 Å². The zero-order chi connectivity index (χ0) is 19.9. The number of benzene rings is 2. The minimum absolute atomic E-state index is 0.160. The van der Waals surface area contributed by atoms with Crippen LogP contribution >= 0.6 is 0 Å². The van der Waals surface area contributed by atoms with E-state index in [0.29, 0.717) is 23.4 Å². The van der Waals surface area contributed by atoms with Crippen molar-refractivity contribution >= 4 is 17.5 Å². The van der Waals surface area contributed by atoms with Gasteiger partial charge in [0, 0.05) is 41.8 Å². The maximum Gasteiger partial charge on any atom is 0.255 e. The first-order chi connectivity index (χ1) is 13.5. The van der Waals surface area contributed by atoms with Crippen LogP contribution in [0.3, 0.4) is 0 Å². The topological polar surface area (TPSA) is 97.1 Å². The Morgan fingerprint density at radius 2 is 1.68 bits per heavy atom. The first-order valence-corrected chi connectivity index (χ1v) is 8.95. The first-order valence-electron chi connectivity index (χ1n) is 8.95.